The molecule has 2 aromatic carbocycles. The first-order valence-electron chi connectivity index (χ1n) is 10.5. The molecule has 0 unspecified atom stereocenters. The Bertz CT molecular complexity index is 1390. The highest BCUT2D eigenvalue weighted by Gasteiger charge is 2.14. The molecule has 0 aliphatic carbocycles. The van der Waals surface area contributed by atoms with Gasteiger partial charge in [0.2, 0.25) is 0 Å². The second-order valence-electron chi connectivity index (χ2n) is 7.62. The van der Waals surface area contributed by atoms with E-state index in [0.717, 1.165) is 0 Å². The Balaban J connectivity index is 1.31. The molecule has 0 saturated heterocycles. The number of aromatic nitrogens is 2. The fourth-order valence-corrected chi connectivity index (χ4v) is 3.22. The number of hydrogen-bond donors (Lipinski definition) is 2. The van der Waals surface area contributed by atoms with E-state index in [-0.39, 0.29) is 24.0 Å². The Labute approximate surface area is 199 Å². The normalized spacial score (nSPS) is 10.6. The summed E-state index contributed by atoms with van der Waals surface area (Å²) in [4.78, 5) is 35.1. The Hall–Kier alpha value is -4.93. The number of aryl methyl sites for hydroxylation is 2. The first kappa shape index (κ1) is 23.2. The van der Waals surface area contributed by atoms with Crippen LogP contribution in [-0.4, -0.2) is 26.5 Å². The summed E-state index contributed by atoms with van der Waals surface area (Å²) in [5.41, 5.74) is 1.86. The van der Waals surface area contributed by atoms with Crippen LogP contribution in [-0.2, 0) is 13.7 Å². The molecule has 2 aromatic heterocycles. The number of furan rings is 1. The van der Waals surface area contributed by atoms with Crippen LogP contribution in [0.5, 0.6) is 5.75 Å². The zero-order chi connectivity index (χ0) is 24.9. The minimum absolute atomic E-state index is 0.0120. The molecule has 0 radical (unpaired) electrons. The Morgan fingerprint density at radius 1 is 1.03 bits per heavy atom. The van der Waals surface area contributed by atoms with Gasteiger partial charge in [-0.25, -0.2) is 0 Å². The average Bonchev–Trinajstić information content (AvgIpc) is 3.48. The summed E-state index contributed by atoms with van der Waals surface area (Å²) < 4.78 is 12.7. The van der Waals surface area contributed by atoms with E-state index >= 15 is 0 Å². The largest absolute Gasteiger partial charge is 0.486 e. The predicted molar refractivity (Wildman–Crippen MR) is 126 cm³/mol. The number of carbonyl (C=O) groups excluding carboxylic acids is 2. The number of anilines is 2. The van der Waals surface area contributed by atoms with Gasteiger partial charge in [-0.3, -0.25) is 24.4 Å². The van der Waals surface area contributed by atoms with Gasteiger partial charge < -0.3 is 19.8 Å². The van der Waals surface area contributed by atoms with Crippen LogP contribution in [0.3, 0.4) is 0 Å². The Morgan fingerprint density at radius 2 is 1.71 bits per heavy atom. The molecular formula is C24H21N5O6. The van der Waals surface area contributed by atoms with E-state index in [0.29, 0.717) is 34.1 Å². The summed E-state index contributed by atoms with van der Waals surface area (Å²) in [5, 5.41) is 20.4. The second-order valence-corrected chi connectivity index (χ2v) is 7.62. The lowest BCUT2D eigenvalue weighted by atomic mass is 10.2. The number of carbonyl (C=O) groups is 2. The van der Waals surface area contributed by atoms with Crippen molar-refractivity contribution in [1.82, 2.24) is 9.78 Å². The smallest absolute Gasteiger partial charge is 0.291 e. The van der Waals surface area contributed by atoms with Gasteiger partial charge in [0.15, 0.2) is 11.5 Å². The topological polar surface area (TPSA) is 142 Å². The zero-order valence-electron chi connectivity index (χ0n) is 18.8. The third-order valence-electron chi connectivity index (χ3n) is 4.98. The molecule has 178 valence electrons. The first-order chi connectivity index (χ1) is 16.8. The average molecular weight is 475 g/mol. The van der Waals surface area contributed by atoms with E-state index in [2.05, 4.69) is 15.7 Å². The SMILES string of the molecule is Cc1cc(OCc2ccc(C(=O)Nc3ccc(NC(=O)c4ccn(C)n4)cc3)o2)ccc1[N+](=O)[O-]. The van der Waals surface area contributed by atoms with E-state index in [9.17, 15) is 19.7 Å². The molecule has 0 fully saturated rings. The van der Waals surface area contributed by atoms with Gasteiger partial charge in [0.25, 0.3) is 17.5 Å². The highest BCUT2D eigenvalue weighted by atomic mass is 16.6. The van der Waals surface area contributed by atoms with Gasteiger partial charge in [-0.1, -0.05) is 0 Å². The highest BCUT2D eigenvalue weighted by molar-refractivity contribution is 6.04. The van der Waals surface area contributed by atoms with Crippen molar-refractivity contribution in [2.45, 2.75) is 13.5 Å². The molecule has 2 heterocycles. The monoisotopic (exact) mass is 475 g/mol. The third-order valence-corrected chi connectivity index (χ3v) is 4.98. The molecule has 2 N–H and O–H groups in total. The maximum absolute atomic E-state index is 12.5. The molecule has 11 heteroatoms. The standard InChI is InChI=1S/C24H21N5O6/c1-15-13-18(7-9-21(15)29(32)33)34-14-19-8-10-22(35-19)24(31)26-17-5-3-16(4-6-17)25-23(30)20-11-12-28(2)27-20/h3-13H,14H2,1-2H3,(H,25,30)(H,26,31). The fraction of sp³-hybridized carbons (Fsp3) is 0.125. The van der Waals surface area contributed by atoms with Gasteiger partial charge in [0.05, 0.1) is 4.92 Å². The minimum atomic E-state index is -0.456. The summed E-state index contributed by atoms with van der Waals surface area (Å²) in [6.45, 7) is 1.68. The van der Waals surface area contributed by atoms with Crippen LogP contribution in [0.1, 0.15) is 32.4 Å². The number of nitro groups is 1. The summed E-state index contributed by atoms with van der Waals surface area (Å²) in [7, 11) is 1.73. The molecule has 0 saturated carbocycles. The molecule has 0 aliphatic rings. The van der Waals surface area contributed by atoms with Crippen LogP contribution < -0.4 is 15.4 Å². The van der Waals surface area contributed by atoms with Crippen molar-refractivity contribution in [3.8, 4) is 5.75 Å². The highest BCUT2D eigenvalue weighted by Crippen LogP contribution is 2.24. The van der Waals surface area contributed by atoms with Crippen LogP contribution in [0.2, 0.25) is 0 Å². The Morgan fingerprint density at radius 3 is 2.31 bits per heavy atom. The van der Waals surface area contributed by atoms with Crippen LogP contribution >= 0.6 is 0 Å². The molecule has 11 nitrogen and oxygen atoms in total. The van der Waals surface area contributed by atoms with E-state index in [1.165, 1.54) is 22.9 Å². The van der Waals surface area contributed by atoms with Gasteiger partial charge in [-0.2, -0.15) is 5.10 Å². The van der Waals surface area contributed by atoms with Crippen LogP contribution in [0.4, 0.5) is 17.1 Å². The molecule has 0 bridgehead atoms. The van der Waals surface area contributed by atoms with Crippen LogP contribution in [0.15, 0.2) is 71.3 Å². The fourth-order valence-electron chi connectivity index (χ4n) is 3.22. The van der Waals surface area contributed by atoms with Crippen molar-refractivity contribution in [1.29, 1.82) is 0 Å². The van der Waals surface area contributed by atoms with Gasteiger partial charge in [0, 0.05) is 36.2 Å². The van der Waals surface area contributed by atoms with E-state index < -0.39 is 10.8 Å². The van der Waals surface area contributed by atoms with Crippen molar-refractivity contribution in [3.05, 3.63) is 99.8 Å². The third kappa shape index (κ3) is 5.71. The number of nitro benzene ring substituents is 1. The summed E-state index contributed by atoms with van der Waals surface area (Å²) >= 11 is 0. The summed E-state index contributed by atoms with van der Waals surface area (Å²) in [6, 6.07) is 15.8. The van der Waals surface area contributed by atoms with Crippen molar-refractivity contribution in [2.75, 3.05) is 10.6 Å². The molecular weight excluding hydrogens is 454 g/mol. The lowest BCUT2D eigenvalue weighted by molar-refractivity contribution is -0.385. The van der Waals surface area contributed by atoms with Crippen molar-refractivity contribution in [2.24, 2.45) is 7.05 Å². The molecule has 0 aliphatic heterocycles. The number of hydrogen-bond acceptors (Lipinski definition) is 7. The quantitative estimate of drug-likeness (QED) is 0.286. The number of amides is 2. The minimum Gasteiger partial charge on any atom is -0.486 e. The van der Waals surface area contributed by atoms with Crippen LogP contribution in [0.25, 0.3) is 0 Å². The lowest BCUT2D eigenvalue weighted by Gasteiger charge is -2.07. The van der Waals surface area contributed by atoms with Gasteiger partial charge >= 0.3 is 0 Å². The first-order valence-corrected chi connectivity index (χ1v) is 10.5. The number of rotatable bonds is 8. The number of nitrogens with one attached hydrogen (secondary N) is 2. The van der Waals surface area contributed by atoms with Gasteiger partial charge in [-0.05, 0) is 61.5 Å². The molecule has 0 spiro atoms. The van der Waals surface area contributed by atoms with Gasteiger partial charge in [-0.15, -0.1) is 0 Å². The molecule has 35 heavy (non-hydrogen) atoms. The maximum atomic E-state index is 12.5. The number of nitrogens with zero attached hydrogens (tertiary/aromatic N) is 3. The van der Waals surface area contributed by atoms with E-state index in [4.69, 9.17) is 9.15 Å². The second kappa shape index (κ2) is 9.91. The predicted octanol–water partition coefficient (Wildman–Crippen LogP) is 4.31. The van der Waals surface area contributed by atoms with Crippen LogP contribution in [0, 0.1) is 17.0 Å². The van der Waals surface area contributed by atoms with Crippen molar-refractivity contribution >= 4 is 28.9 Å². The Kier molecular flexibility index (Phi) is 6.58. The van der Waals surface area contributed by atoms with E-state index in [1.54, 1.807) is 62.6 Å². The van der Waals surface area contributed by atoms with Gasteiger partial charge in [0.1, 0.15) is 18.1 Å². The molecule has 4 rings (SSSR count). The van der Waals surface area contributed by atoms with Crippen molar-refractivity contribution < 1.29 is 23.7 Å². The lowest BCUT2D eigenvalue weighted by Crippen LogP contribution is -2.13. The van der Waals surface area contributed by atoms with E-state index in [1.807, 2.05) is 0 Å². The molecule has 0 atom stereocenters. The molecule has 2 amide bonds. The van der Waals surface area contributed by atoms with Crippen molar-refractivity contribution in [3.63, 3.8) is 0 Å². The maximum Gasteiger partial charge on any atom is 0.291 e. The number of benzene rings is 2. The zero-order valence-corrected chi connectivity index (χ0v) is 18.8. The molecule has 4 aromatic rings. The summed E-state index contributed by atoms with van der Waals surface area (Å²) in [5.74, 6) is 0.171. The summed E-state index contributed by atoms with van der Waals surface area (Å²) in [6.07, 6.45) is 1.68. The number of ether oxygens (including phenoxy) is 1.